The van der Waals surface area contributed by atoms with Crippen LogP contribution in [0.2, 0.25) is 0 Å². The fourth-order valence-electron chi connectivity index (χ4n) is 0.990. The third-order valence-electron chi connectivity index (χ3n) is 1.73. The Morgan fingerprint density at radius 3 is 2.77 bits per heavy atom. The highest BCUT2D eigenvalue weighted by Crippen LogP contribution is 2.15. The minimum absolute atomic E-state index is 0.0296. The van der Waals surface area contributed by atoms with Crippen molar-refractivity contribution in [2.75, 3.05) is 0 Å². The van der Waals surface area contributed by atoms with Crippen molar-refractivity contribution in [1.82, 2.24) is 4.57 Å². The van der Waals surface area contributed by atoms with Crippen LogP contribution >= 0.6 is 0 Å². The normalized spacial score (nSPS) is 11.7. The summed E-state index contributed by atoms with van der Waals surface area (Å²) < 4.78 is 1.37. The number of aromatic nitrogens is 1. The highest BCUT2D eigenvalue weighted by molar-refractivity contribution is 5.98. The Balaban J connectivity index is 3.16. The van der Waals surface area contributed by atoms with Gasteiger partial charge in [0.15, 0.2) is 0 Å². The molecule has 0 aliphatic heterocycles. The van der Waals surface area contributed by atoms with Crippen molar-refractivity contribution in [3.8, 4) is 0 Å². The second-order valence-electron chi connectivity index (χ2n) is 2.64. The molecule has 0 aliphatic carbocycles. The van der Waals surface area contributed by atoms with Crippen molar-refractivity contribution in [3.63, 3.8) is 0 Å². The number of rotatable bonds is 2. The quantitative estimate of drug-likeness (QED) is 0.323. The van der Waals surface area contributed by atoms with Gasteiger partial charge >= 0.3 is 5.82 Å². The smallest absolute Gasteiger partial charge is 0.323 e. The van der Waals surface area contributed by atoms with Gasteiger partial charge in [-0.3, -0.25) is 0 Å². The van der Waals surface area contributed by atoms with Gasteiger partial charge in [-0.1, -0.05) is 5.16 Å². The molecular weight excluding hydrogens is 174 g/mol. The third-order valence-corrected chi connectivity index (χ3v) is 1.73. The van der Waals surface area contributed by atoms with Crippen molar-refractivity contribution in [1.29, 1.82) is 0 Å². The van der Waals surface area contributed by atoms with Gasteiger partial charge < -0.3 is 15.3 Å². The van der Waals surface area contributed by atoms with Gasteiger partial charge in [-0.2, -0.15) is 0 Å². The van der Waals surface area contributed by atoms with Crippen LogP contribution in [0.4, 0.5) is 5.82 Å². The molecule has 0 spiro atoms. The Morgan fingerprint density at radius 1 is 1.77 bits per heavy atom. The molecule has 0 bridgehead atoms. The predicted octanol–water partition coefficient (Wildman–Crippen LogP) is 1.13. The summed E-state index contributed by atoms with van der Waals surface area (Å²) in [7, 11) is 1.56. The molecule has 1 rings (SSSR count). The summed E-state index contributed by atoms with van der Waals surface area (Å²) >= 11 is 0. The fraction of sp³-hybridized carbons (Fsp3) is 0.286. The van der Waals surface area contributed by atoms with Gasteiger partial charge in [0.1, 0.15) is 0 Å². The first-order valence-corrected chi connectivity index (χ1v) is 3.56. The molecule has 6 heteroatoms. The number of nitrogens with zero attached hydrogens (tertiary/aromatic N) is 3. The summed E-state index contributed by atoms with van der Waals surface area (Å²) in [6.07, 6.45) is 1.53. The van der Waals surface area contributed by atoms with Crippen molar-refractivity contribution in [2.45, 2.75) is 6.92 Å². The Morgan fingerprint density at radius 2 is 2.38 bits per heavy atom. The summed E-state index contributed by atoms with van der Waals surface area (Å²) in [5.41, 5.74) is 0.889. The predicted molar refractivity (Wildman–Crippen MR) is 46.1 cm³/mol. The first-order chi connectivity index (χ1) is 6.06. The summed E-state index contributed by atoms with van der Waals surface area (Å²) in [5, 5.41) is 21.8. The molecule has 6 nitrogen and oxygen atoms in total. The van der Waals surface area contributed by atoms with E-state index in [0.717, 1.165) is 0 Å². The molecule has 0 aliphatic rings. The monoisotopic (exact) mass is 183 g/mol. The van der Waals surface area contributed by atoms with Crippen LogP contribution in [0.25, 0.3) is 0 Å². The van der Waals surface area contributed by atoms with Crippen LogP contribution in [0, 0.1) is 10.1 Å². The second-order valence-corrected chi connectivity index (χ2v) is 2.64. The molecule has 1 N–H and O–H groups in total. The number of aryl methyl sites for hydroxylation is 1. The minimum Gasteiger partial charge on any atom is -0.411 e. The average Bonchev–Trinajstić information content (AvgIpc) is 2.46. The van der Waals surface area contributed by atoms with Crippen LogP contribution < -0.4 is 0 Å². The van der Waals surface area contributed by atoms with E-state index in [2.05, 4.69) is 5.16 Å². The standard InChI is InChI=1S/C7H9N3O3/c1-5(8-11)6-3-7(10(12)13)9(2)4-6/h3-4,11H,1-2H3/b8-5-. The van der Waals surface area contributed by atoms with Crippen LogP contribution in [-0.2, 0) is 7.05 Å². The number of oxime groups is 1. The van der Waals surface area contributed by atoms with Crippen LogP contribution in [0.15, 0.2) is 17.4 Å². The van der Waals surface area contributed by atoms with Gasteiger partial charge in [-0.05, 0) is 11.8 Å². The molecule has 0 saturated carbocycles. The van der Waals surface area contributed by atoms with E-state index in [4.69, 9.17) is 5.21 Å². The van der Waals surface area contributed by atoms with E-state index in [-0.39, 0.29) is 5.82 Å². The second kappa shape index (κ2) is 3.26. The van der Waals surface area contributed by atoms with Crippen LogP contribution in [0.3, 0.4) is 0 Å². The maximum absolute atomic E-state index is 10.4. The van der Waals surface area contributed by atoms with Crippen molar-refractivity contribution < 1.29 is 10.1 Å². The van der Waals surface area contributed by atoms with Gasteiger partial charge in [-0.15, -0.1) is 0 Å². The zero-order chi connectivity index (χ0) is 10.0. The van der Waals surface area contributed by atoms with E-state index >= 15 is 0 Å². The van der Waals surface area contributed by atoms with Crippen molar-refractivity contribution >= 4 is 11.5 Å². The van der Waals surface area contributed by atoms with Gasteiger partial charge in [0.2, 0.25) is 0 Å². The zero-order valence-corrected chi connectivity index (χ0v) is 7.26. The molecular formula is C7H9N3O3. The topological polar surface area (TPSA) is 80.7 Å². The Labute approximate surface area is 74.2 Å². The summed E-state index contributed by atoms with van der Waals surface area (Å²) in [4.78, 5) is 9.94. The molecule has 0 saturated heterocycles. The Bertz CT molecular complexity index is 367. The Hall–Kier alpha value is -1.85. The molecule has 0 fully saturated rings. The summed E-state index contributed by atoms with van der Waals surface area (Å²) in [5.74, 6) is -0.0296. The van der Waals surface area contributed by atoms with E-state index in [1.54, 1.807) is 14.0 Å². The average molecular weight is 183 g/mol. The van der Waals surface area contributed by atoms with E-state index in [9.17, 15) is 10.1 Å². The molecule has 0 aromatic carbocycles. The van der Waals surface area contributed by atoms with Gasteiger partial charge in [0, 0.05) is 11.6 Å². The lowest BCUT2D eigenvalue weighted by Crippen LogP contribution is -1.94. The van der Waals surface area contributed by atoms with Crippen LogP contribution in [-0.4, -0.2) is 20.4 Å². The number of hydrogen-bond acceptors (Lipinski definition) is 4. The van der Waals surface area contributed by atoms with Gasteiger partial charge in [0.05, 0.1) is 19.0 Å². The SMILES string of the molecule is C/C(=N/O)c1cc([N+](=O)[O-])n(C)c1. The molecule has 0 amide bonds. The largest absolute Gasteiger partial charge is 0.411 e. The molecule has 1 heterocycles. The lowest BCUT2D eigenvalue weighted by molar-refractivity contribution is -0.391. The molecule has 0 unspecified atom stereocenters. The van der Waals surface area contributed by atoms with Crippen LogP contribution in [0.1, 0.15) is 12.5 Å². The molecule has 1 aromatic heterocycles. The van der Waals surface area contributed by atoms with Crippen molar-refractivity contribution in [2.24, 2.45) is 12.2 Å². The van der Waals surface area contributed by atoms with Gasteiger partial charge in [0.25, 0.3) is 0 Å². The van der Waals surface area contributed by atoms with Crippen molar-refractivity contribution in [3.05, 3.63) is 27.9 Å². The maximum atomic E-state index is 10.4. The third kappa shape index (κ3) is 1.66. The molecule has 70 valence electrons. The number of hydrogen-bond donors (Lipinski definition) is 1. The highest BCUT2D eigenvalue weighted by atomic mass is 16.6. The van der Waals surface area contributed by atoms with E-state index in [0.29, 0.717) is 11.3 Å². The summed E-state index contributed by atoms with van der Waals surface area (Å²) in [6, 6.07) is 1.36. The molecule has 1 aromatic rings. The van der Waals surface area contributed by atoms with Crippen LogP contribution in [0.5, 0.6) is 0 Å². The molecule has 13 heavy (non-hydrogen) atoms. The van der Waals surface area contributed by atoms with E-state index in [1.807, 2.05) is 0 Å². The van der Waals surface area contributed by atoms with Gasteiger partial charge in [-0.25, -0.2) is 4.57 Å². The molecule has 0 atom stereocenters. The molecule has 0 radical (unpaired) electrons. The lowest BCUT2D eigenvalue weighted by atomic mass is 10.2. The Kier molecular flexibility index (Phi) is 2.32. The number of nitro groups is 1. The fourth-order valence-corrected chi connectivity index (χ4v) is 0.990. The summed E-state index contributed by atoms with van der Waals surface area (Å²) in [6.45, 7) is 1.57. The first kappa shape index (κ1) is 9.24. The maximum Gasteiger partial charge on any atom is 0.323 e. The van der Waals surface area contributed by atoms with E-state index in [1.165, 1.54) is 16.8 Å². The zero-order valence-electron chi connectivity index (χ0n) is 7.26. The lowest BCUT2D eigenvalue weighted by Gasteiger charge is -1.91. The minimum atomic E-state index is -0.492. The highest BCUT2D eigenvalue weighted by Gasteiger charge is 2.14. The first-order valence-electron chi connectivity index (χ1n) is 3.56. The van der Waals surface area contributed by atoms with E-state index < -0.39 is 4.92 Å².